The van der Waals surface area contributed by atoms with Gasteiger partial charge in [0.1, 0.15) is 0 Å². The van der Waals surface area contributed by atoms with Crippen molar-refractivity contribution in [3.63, 3.8) is 0 Å². The molecule has 0 bridgehead atoms. The molecule has 5 nitrogen and oxygen atoms in total. The second-order valence-corrected chi connectivity index (χ2v) is 7.52. The third kappa shape index (κ3) is 4.31. The van der Waals surface area contributed by atoms with Crippen LogP contribution in [0.2, 0.25) is 0 Å². The number of hydrogen-bond donors (Lipinski definition) is 2. The third-order valence-corrected chi connectivity index (χ3v) is 5.38. The van der Waals surface area contributed by atoms with E-state index < -0.39 is 9.84 Å². The summed E-state index contributed by atoms with van der Waals surface area (Å²) in [6.07, 6.45) is 0.848. The van der Waals surface area contributed by atoms with Gasteiger partial charge < -0.3 is 11.1 Å². The predicted octanol–water partition coefficient (Wildman–Crippen LogP) is 0.627. The van der Waals surface area contributed by atoms with Crippen LogP contribution in [0.25, 0.3) is 0 Å². The van der Waals surface area contributed by atoms with E-state index in [4.69, 9.17) is 5.73 Å². The molecule has 2 rings (SSSR count). The fourth-order valence-corrected chi connectivity index (χ4v) is 4.27. The number of amides is 1. The molecule has 1 saturated heterocycles. The van der Waals surface area contributed by atoms with Crippen molar-refractivity contribution in [2.75, 3.05) is 18.1 Å². The minimum atomic E-state index is -2.92. The molecule has 0 saturated carbocycles. The molecule has 2 atom stereocenters. The molecule has 20 heavy (non-hydrogen) atoms. The number of hydrogen-bond acceptors (Lipinski definition) is 4. The van der Waals surface area contributed by atoms with Gasteiger partial charge in [0.05, 0.1) is 11.5 Å². The van der Waals surface area contributed by atoms with E-state index in [1.165, 1.54) is 0 Å². The highest BCUT2D eigenvalue weighted by molar-refractivity contribution is 7.91. The zero-order valence-corrected chi connectivity index (χ0v) is 12.1. The monoisotopic (exact) mass is 296 g/mol. The maximum atomic E-state index is 11.8. The van der Waals surface area contributed by atoms with Gasteiger partial charge in [-0.3, -0.25) is 4.79 Å². The van der Waals surface area contributed by atoms with Crippen molar-refractivity contribution in [3.05, 3.63) is 35.9 Å². The van der Waals surface area contributed by atoms with Crippen molar-refractivity contribution in [1.29, 1.82) is 0 Å². The standard InChI is InChI=1S/C14H20N2O3S/c15-13(12-4-2-1-3-5-12)9-16-14(17)8-11-6-7-20(18,19)10-11/h1-5,11,13H,6-10,15H2,(H,16,17). The van der Waals surface area contributed by atoms with E-state index in [1.54, 1.807) is 0 Å². The third-order valence-electron chi connectivity index (χ3n) is 3.55. The molecule has 1 aromatic carbocycles. The summed E-state index contributed by atoms with van der Waals surface area (Å²) in [5, 5.41) is 2.78. The average Bonchev–Trinajstić information content (AvgIpc) is 2.76. The SMILES string of the molecule is NC(CNC(=O)CC1CCS(=O)(=O)C1)c1ccccc1. The van der Waals surface area contributed by atoms with E-state index in [1.807, 2.05) is 30.3 Å². The summed E-state index contributed by atoms with van der Waals surface area (Å²) in [7, 11) is -2.92. The Labute approximate surface area is 119 Å². The maximum Gasteiger partial charge on any atom is 0.220 e. The molecule has 1 aliphatic heterocycles. The molecular formula is C14H20N2O3S. The van der Waals surface area contributed by atoms with Gasteiger partial charge in [-0.2, -0.15) is 0 Å². The molecule has 1 amide bonds. The van der Waals surface area contributed by atoms with Crippen LogP contribution in [-0.4, -0.2) is 32.4 Å². The first-order valence-corrected chi connectivity index (χ1v) is 8.56. The van der Waals surface area contributed by atoms with Crippen molar-refractivity contribution >= 4 is 15.7 Å². The highest BCUT2D eigenvalue weighted by Gasteiger charge is 2.29. The fraction of sp³-hybridized carbons (Fsp3) is 0.500. The summed E-state index contributed by atoms with van der Waals surface area (Å²) in [5.41, 5.74) is 6.95. The summed E-state index contributed by atoms with van der Waals surface area (Å²) >= 11 is 0. The van der Waals surface area contributed by atoms with E-state index in [-0.39, 0.29) is 35.8 Å². The molecule has 1 aromatic rings. The van der Waals surface area contributed by atoms with E-state index >= 15 is 0 Å². The minimum absolute atomic E-state index is 0.0482. The van der Waals surface area contributed by atoms with Crippen LogP contribution in [0.1, 0.15) is 24.4 Å². The molecule has 3 N–H and O–H groups in total. The number of nitrogens with two attached hydrogens (primary N) is 1. The Balaban J connectivity index is 1.76. The van der Waals surface area contributed by atoms with Crippen LogP contribution in [0, 0.1) is 5.92 Å². The molecular weight excluding hydrogens is 276 g/mol. The van der Waals surface area contributed by atoms with Gasteiger partial charge in [0.15, 0.2) is 9.84 Å². The van der Waals surface area contributed by atoms with Crippen molar-refractivity contribution in [2.45, 2.75) is 18.9 Å². The smallest absolute Gasteiger partial charge is 0.220 e. The highest BCUT2D eigenvalue weighted by Crippen LogP contribution is 2.21. The summed E-state index contributed by atoms with van der Waals surface area (Å²) < 4.78 is 22.6. The lowest BCUT2D eigenvalue weighted by Gasteiger charge is -2.14. The molecule has 0 aliphatic carbocycles. The minimum Gasteiger partial charge on any atom is -0.354 e. The maximum absolute atomic E-state index is 11.8. The zero-order valence-electron chi connectivity index (χ0n) is 11.3. The van der Waals surface area contributed by atoms with E-state index in [2.05, 4.69) is 5.32 Å². The summed E-state index contributed by atoms with van der Waals surface area (Å²) in [5.74, 6) is 0.158. The first kappa shape index (κ1) is 15.0. The number of rotatable bonds is 5. The van der Waals surface area contributed by atoms with Gasteiger partial charge in [-0.05, 0) is 17.9 Å². The van der Waals surface area contributed by atoms with Crippen LogP contribution < -0.4 is 11.1 Å². The molecule has 0 spiro atoms. The Morgan fingerprint density at radius 1 is 1.35 bits per heavy atom. The Kier molecular flexibility index (Phi) is 4.77. The highest BCUT2D eigenvalue weighted by atomic mass is 32.2. The lowest BCUT2D eigenvalue weighted by Crippen LogP contribution is -2.33. The van der Waals surface area contributed by atoms with Gasteiger partial charge in [0.25, 0.3) is 0 Å². The van der Waals surface area contributed by atoms with Gasteiger partial charge in [-0.1, -0.05) is 30.3 Å². The predicted molar refractivity (Wildman–Crippen MR) is 77.8 cm³/mol. The summed E-state index contributed by atoms with van der Waals surface area (Å²) in [6.45, 7) is 0.363. The zero-order chi connectivity index (χ0) is 14.6. The number of carbonyl (C=O) groups is 1. The van der Waals surface area contributed by atoms with Gasteiger partial charge >= 0.3 is 0 Å². The Morgan fingerprint density at radius 3 is 2.65 bits per heavy atom. The van der Waals surface area contributed by atoms with Gasteiger partial charge in [0.2, 0.25) is 5.91 Å². The fourth-order valence-electron chi connectivity index (χ4n) is 2.41. The largest absolute Gasteiger partial charge is 0.354 e. The van der Waals surface area contributed by atoms with Crippen LogP contribution in [0.3, 0.4) is 0 Å². The summed E-state index contributed by atoms with van der Waals surface area (Å²) in [4.78, 5) is 11.8. The Morgan fingerprint density at radius 2 is 2.05 bits per heavy atom. The van der Waals surface area contributed by atoms with Crippen LogP contribution in [-0.2, 0) is 14.6 Å². The normalized spacial score (nSPS) is 22.4. The second kappa shape index (κ2) is 6.37. The number of benzene rings is 1. The van der Waals surface area contributed by atoms with Crippen LogP contribution in [0.5, 0.6) is 0 Å². The van der Waals surface area contributed by atoms with Gasteiger partial charge in [-0.25, -0.2) is 8.42 Å². The van der Waals surface area contributed by atoms with Crippen molar-refractivity contribution in [1.82, 2.24) is 5.32 Å². The quantitative estimate of drug-likeness (QED) is 0.834. The lowest BCUT2D eigenvalue weighted by atomic mass is 10.0. The van der Waals surface area contributed by atoms with Crippen molar-refractivity contribution in [2.24, 2.45) is 11.7 Å². The number of sulfone groups is 1. The second-order valence-electron chi connectivity index (χ2n) is 5.29. The van der Waals surface area contributed by atoms with Crippen molar-refractivity contribution in [3.8, 4) is 0 Å². The van der Waals surface area contributed by atoms with Crippen LogP contribution >= 0.6 is 0 Å². The van der Waals surface area contributed by atoms with Crippen molar-refractivity contribution < 1.29 is 13.2 Å². The molecule has 110 valence electrons. The van der Waals surface area contributed by atoms with Crippen LogP contribution in [0.4, 0.5) is 0 Å². The summed E-state index contributed by atoms with van der Waals surface area (Å²) in [6, 6.07) is 9.31. The molecule has 6 heteroatoms. The van der Waals surface area contributed by atoms with E-state index in [0.717, 1.165) is 5.56 Å². The molecule has 1 aliphatic rings. The average molecular weight is 296 g/mol. The topological polar surface area (TPSA) is 89.3 Å². The molecule has 0 aromatic heterocycles. The Bertz CT molecular complexity index is 557. The van der Waals surface area contributed by atoms with Crippen LogP contribution in [0.15, 0.2) is 30.3 Å². The number of nitrogens with one attached hydrogen (secondary N) is 1. The molecule has 0 radical (unpaired) electrons. The Hall–Kier alpha value is -1.40. The first-order valence-electron chi connectivity index (χ1n) is 6.74. The van der Waals surface area contributed by atoms with E-state index in [9.17, 15) is 13.2 Å². The van der Waals surface area contributed by atoms with Gasteiger partial charge in [-0.15, -0.1) is 0 Å². The molecule has 1 fully saturated rings. The van der Waals surface area contributed by atoms with Gasteiger partial charge in [0, 0.05) is 19.0 Å². The van der Waals surface area contributed by atoms with E-state index in [0.29, 0.717) is 13.0 Å². The molecule has 1 heterocycles. The first-order chi connectivity index (χ1) is 9.46. The lowest BCUT2D eigenvalue weighted by molar-refractivity contribution is -0.121. The number of carbonyl (C=O) groups excluding carboxylic acids is 1. The molecule has 2 unspecified atom stereocenters.